The van der Waals surface area contributed by atoms with Crippen molar-refractivity contribution >= 4 is 27.5 Å². The molecule has 3 nitrogen and oxygen atoms in total. The number of aromatic amines is 1. The van der Waals surface area contributed by atoms with Crippen molar-refractivity contribution in [2.75, 3.05) is 0 Å². The number of halogens is 2. The van der Waals surface area contributed by atoms with E-state index in [4.69, 9.17) is 16.3 Å². The van der Waals surface area contributed by atoms with Gasteiger partial charge in [0.2, 0.25) is 0 Å². The zero-order valence-corrected chi connectivity index (χ0v) is 9.34. The van der Waals surface area contributed by atoms with Crippen LogP contribution in [0.1, 0.15) is 0 Å². The molecular formula is C9H6BrClN2O. The molecule has 0 amide bonds. The summed E-state index contributed by atoms with van der Waals surface area (Å²) in [6, 6.07) is 7.86. The van der Waals surface area contributed by atoms with Gasteiger partial charge >= 0.3 is 0 Å². The first kappa shape index (κ1) is 9.55. The van der Waals surface area contributed by atoms with E-state index in [2.05, 4.69) is 25.9 Å². The van der Waals surface area contributed by atoms with Crippen molar-refractivity contribution in [3.63, 3.8) is 0 Å². The number of hydrogen-bond donors (Lipinski definition) is 1. The van der Waals surface area contributed by atoms with Crippen LogP contribution in [0, 0.1) is 0 Å². The van der Waals surface area contributed by atoms with Gasteiger partial charge in [-0.25, -0.2) is 4.98 Å². The molecule has 1 N–H and O–H groups in total. The molecule has 2 rings (SSSR count). The second-order valence-corrected chi connectivity index (χ2v) is 3.92. The van der Waals surface area contributed by atoms with Crippen LogP contribution in [0.25, 0.3) is 0 Å². The molecule has 1 heterocycles. The lowest BCUT2D eigenvalue weighted by Gasteiger charge is -2.01. The summed E-state index contributed by atoms with van der Waals surface area (Å²) in [6.07, 6.45) is 1.49. The molecule has 0 unspecified atom stereocenters. The van der Waals surface area contributed by atoms with E-state index >= 15 is 0 Å². The third kappa shape index (κ3) is 2.27. The predicted octanol–water partition coefficient (Wildman–Crippen LogP) is 3.62. The quantitative estimate of drug-likeness (QED) is 0.907. The zero-order valence-electron chi connectivity index (χ0n) is 7.00. The molecule has 0 aliphatic rings. The van der Waals surface area contributed by atoms with Gasteiger partial charge in [-0.05, 0) is 18.2 Å². The Morgan fingerprint density at radius 1 is 1.43 bits per heavy atom. The van der Waals surface area contributed by atoms with Crippen LogP contribution < -0.4 is 4.74 Å². The summed E-state index contributed by atoms with van der Waals surface area (Å²) >= 11 is 8.99. The number of aromatic nitrogens is 2. The summed E-state index contributed by atoms with van der Waals surface area (Å²) in [7, 11) is 0. The number of rotatable bonds is 2. The minimum atomic E-state index is 0.383. The molecule has 14 heavy (non-hydrogen) atoms. The topological polar surface area (TPSA) is 37.9 Å². The van der Waals surface area contributed by atoms with Crippen LogP contribution in [0.15, 0.2) is 34.9 Å². The molecule has 0 radical (unpaired) electrons. The van der Waals surface area contributed by atoms with Gasteiger partial charge in [0, 0.05) is 4.47 Å². The molecule has 1 aromatic carbocycles. The van der Waals surface area contributed by atoms with Gasteiger partial charge in [0.1, 0.15) is 10.9 Å². The summed E-state index contributed by atoms with van der Waals surface area (Å²) in [4.78, 5) is 6.68. The number of ether oxygens (including phenoxy) is 1. The number of imidazole rings is 1. The second kappa shape index (κ2) is 4.02. The van der Waals surface area contributed by atoms with E-state index in [0.29, 0.717) is 16.9 Å². The molecule has 0 atom stereocenters. The van der Waals surface area contributed by atoms with Gasteiger partial charge in [0.15, 0.2) is 0 Å². The van der Waals surface area contributed by atoms with E-state index in [0.717, 1.165) is 4.47 Å². The normalized spacial score (nSPS) is 10.1. The van der Waals surface area contributed by atoms with Crippen molar-refractivity contribution in [1.82, 2.24) is 9.97 Å². The lowest BCUT2D eigenvalue weighted by atomic mass is 10.3. The highest BCUT2D eigenvalue weighted by Crippen LogP contribution is 2.22. The summed E-state index contributed by atoms with van der Waals surface area (Å²) < 4.78 is 6.35. The molecule has 72 valence electrons. The number of H-pyrrole nitrogens is 1. The molecule has 0 saturated heterocycles. The highest BCUT2D eigenvalue weighted by atomic mass is 79.9. The number of nitrogens with one attached hydrogen (secondary N) is 1. The van der Waals surface area contributed by atoms with Crippen LogP contribution in [0.3, 0.4) is 0 Å². The second-order valence-electron chi connectivity index (χ2n) is 2.60. The minimum absolute atomic E-state index is 0.383. The minimum Gasteiger partial charge on any atom is -0.426 e. The molecule has 0 fully saturated rings. The van der Waals surface area contributed by atoms with Crippen molar-refractivity contribution in [2.24, 2.45) is 0 Å². The molecule has 0 aliphatic heterocycles. The highest BCUT2D eigenvalue weighted by molar-refractivity contribution is 9.10. The van der Waals surface area contributed by atoms with Crippen molar-refractivity contribution in [1.29, 1.82) is 0 Å². The highest BCUT2D eigenvalue weighted by Gasteiger charge is 2.01. The molecule has 0 bridgehead atoms. The van der Waals surface area contributed by atoms with Crippen molar-refractivity contribution in [3.8, 4) is 11.8 Å². The SMILES string of the molecule is Clc1cnc(Oc2cccc(Br)c2)[nH]1. The lowest BCUT2D eigenvalue weighted by Crippen LogP contribution is -1.85. The van der Waals surface area contributed by atoms with Gasteiger partial charge < -0.3 is 4.74 Å². The van der Waals surface area contributed by atoms with Crippen LogP contribution in [-0.2, 0) is 0 Å². The van der Waals surface area contributed by atoms with E-state index in [9.17, 15) is 0 Å². The number of nitrogens with zero attached hydrogens (tertiary/aromatic N) is 1. The molecule has 0 aliphatic carbocycles. The Morgan fingerprint density at radius 3 is 2.93 bits per heavy atom. The first-order valence-corrected chi connectivity index (χ1v) is 5.05. The van der Waals surface area contributed by atoms with Crippen molar-refractivity contribution in [3.05, 3.63) is 40.1 Å². The van der Waals surface area contributed by atoms with E-state index in [-0.39, 0.29) is 0 Å². The summed E-state index contributed by atoms with van der Waals surface area (Å²) in [5.74, 6) is 0.699. The molecular weight excluding hydrogens is 267 g/mol. The Kier molecular flexibility index (Phi) is 2.74. The van der Waals surface area contributed by atoms with Gasteiger partial charge in [-0.15, -0.1) is 0 Å². The smallest absolute Gasteiger partial charge is 0.300 e. The lowest BCUT2D eigenvalue weighted by molar-refractivity contribution is 0.447. The Labute approximate surface area is 94.2 Å². The largest absolute Gasteiger partial charge is 0.426 e. The number of benzene rings is 1. The predicted molar refractivity (Wildman–Crippen MR) is 57.8 cm³/mol. The third-order valence-electron chi connectivity index (χ3n) is 1.53. The van der Waals surface area contributed by atoms with Crippen LogP contribution in [-0.4, -0.2) is 9.97 Å². The Morgan fingerprint density at radius 2 is 2.29 bits per heavy atom. The van der Waals surface area contributed by atoms with Crippen molar-refractivity contribution < 1.29 is 4.74 Å². The van der Waals surface area contributed by atoms with E-state index < -0.39 is 0 Å². The number of hydrogen-bond acceptors (Lipinski definition) is 2. The van der Waals surface area contributed by atoms with Crippen LogP contribution in [0.2, 0.25) is 5.15 Å². The van der Waals surface area contributed by atoms with Gasteiger partial charge in [0.05, 0.1) is 6.20 Å². The average Bonchev–Trinajstić information content (AvgIpc) is 2.51. The fourth-order valence-electron chi connectivity index (χ4n) is 0.976. The summed E-state index contributed by atoms with van der Waals surface area (Å²) in [6.45, 7) is 0. The van der Waals surface area contributed by atoms with Crippen LogP contribution in [0.4, 0.5) is 0 Å². The Balaban J connectivity index is 2.18. The maximum Gasteiger partial charge on any atom is 0.300 e. The molecule has 5 heteroatoms. The van der Waals surface area contributed by atoms with Crippen LogP contribution >= 0.6 is 27.5 Å². The van der Waals surface area contributed by atoms with Gasteiger partial charge in [0.25, 0.3) is 6.01 Å². The molecule has 1 aromatic heterocycles. The first-order chi connectivity index (χ1) is 6.74. The molecule has 0 spiro atoms. The van der Waals surface area contributed by atoms with Gasteiger partial charge in [-0.2, -0.15) is 0 Å². The molecule has 2 aromatic rings. The fraction of sp³-hybridized carbons (Fsp3) is 0. The monoisotopic (exact) mass is 272 g/mol. The maximum absolute atomic E-state index is 5.65. The maximum atomic E-state index is 5.65. The third-order valence-corrected chi connectivity index (χ3v) is 2.22. The first-order valence-electron chi connectivity index (χ1n) is 3.88. The Bertz CT molecular complexity index is 444. The summed E-state index contributed by atoms with van der Waals surface area (Å²) in [5, 5.41) is 0.454. The molecule has 0 saturated carbocycles. The Hall–Kier alpha value is -1.00. The van der Waals surface area contributed by atoms with E-state index in [1.807, 2.05) is 24.3 Å². The summed E-state index contributed by atoms with van der Waals surface area (Å²) in [5.41, 5.74) is 0. The van der Waals surface area contributed by atoms with E-state index in [1.165, 1.54) is 6.20 Å². The van der Waals surface area contributed by atoms with Gasteiger partial charge in [-0.1, -0.05) is 33.6 Å². The fourth-order valence-corrected chi connectivity index (χ4v) is 1.48. The van der Waals surface area contributed by atoms with Gasteiger partial charge in [-0.3, -0.25) is 4.98 Å². The van der Waals surface area contributed by atoms with Crippen molar-refractivity contribution in [2.45, 2.75) is 0 Å². The average molecular weight is 274 g/mol. The van der Waals surface area contributed by atoms with E-state index in [1.54, 1.807) is 0 Å². The standard InChI is InChI=1S/C9H6BrClN2O/c10-6-2-1-3-7(4-6)14-9-12-5-8(11)13-9/h1-5H,(H,12,13). The zero-order chi connectivity index (χ0) is 9.97. The van der Waals surface area contributed by atoms with Crippen LogP contribution in [0.5, 0.6) is 11.8 Å².